The summed E-state index contributed by atoms with van der Waals surface area (Å²) < 4.78 is -0.937. The van der Waals surface area contributed by atoms with E-state index in [1.807, 2.05) is 0 Å². The number of nitrogens with zero attached hydrogens (tertiary/aromatic N) is 1. The molecule has 106 valence electrons. The number of benzene rings is 1. The molecule has 0 spiro atoms. The van der Waals surface area contributed by atoms with E-state index in [9.17, 15) is 9.59 Å². The summed E-state index contributed by atoms with van der Waals surface area (Å²) in [6.45, 7) is 3.22. The number of hydrogen-bond acceptors (Lipinski definition) is 4. The number of carboxylic acid groups (broad SMARTS) is 1. The van der Waals surface area contributed by atoms with E-state index in [1.165, 1.54) is 11.8 Å². The van der Waals surface area contributed by atoms with Gasteiger partial charge in [-0.25, -0.2) is 4.98 Å². The van der Waals surface area contributed by atoms with Crippen LogP contribution in [0.4, 0.5) is 0 Å². The minimum absolute atomic E-state index is 0.277. The number of aromatic nitrogens is 2. The van der Waals surface area contributed by atoms with Gasteiger partial charge in [-0.1, -0.05) is 11.6 Å². The van der Waals surface area contributed by atoms with Gasteiger partial charge in [-0.05, 0) is 32.0 Å². The lowest BCUT2D eigenvalue weighted by Crippen LogP contribution is -2.27. The Hall–Kier alpha value is -1.53. The molecule has 0 radical (unpaired) electrons. The van der Waals surface area contributed by atoms with Crippen LogP contribution >= 0.6 is 23.4 Å². The van der Waals surface area contributed by atoms with E-state index >= 15 is 0 Å². The van der Waals surface area contributed by atoms with Gasteiger partial charge in [0.25, 0.3) is 5.56 Å². The van der Waals surface area contributed by atoms with Crippen LogP contribution in [0, 0.1) is 0 Å². The highest BCUT2D eigenvalue weighted by molar-refractivity contribution is 8.00. The van der Waals surface area contributed by atoms with Gasteiger partial charge in [0.15, 0.2) is 0 Å². The third-order valence-corrected chi connectivity index (χ3v) is 4.35. The zero-order valence-corrected chi connectivity index (χ0v) is 12.5. The average Bonchev–Trinajstić information content (AvgIpc) is 2.37. The van der Waals surface area contributed by atoms with Crippen molar-refractivity contribution in [3.63, 3.8) is 0 Å². The largest absolute Gasteiger partial charge is 0.480 e. The molecule has 0 amide bonds. The minimum atomic E-state index is -0.937. The molecule has 1 heterocycles. The number of thioether (sulfide) groups is 1. The van der Waals surface area contributed by atoms with Crippen LogP contribution in [-0.4, -0.2) is 25.8 Å². The SMILES string of the molecule is CC(C)(SCc1nc2ccc(Cl)cc2c(=O)[nH]1)C(=O)O. The van der Waals surface area contributed by atoms with Crippen molar-refractivity contribution < 1.29 is 9.90 Å². The number of carbonyl (C=O) groups is 1. The summed E-state index contributed by atoms with van der Waals surface area (Å²) in [4.78, 5) is 29.9. The number of aromatic amines is 1. The standard InChI is InChI=1S/C13H13ClN2O3S/c1-13(2,12(18)19)20-6-10-15-9-4-3-7(14)5-8(9)11(17)16-10/h3-5H,6H2,1-2H3,(H,18,19)(H,15,16,17). The van der Waals surface area contributed by atoms with Crippen molar-refractivity contribution >= 4 is 40.2 Å². The van der Waals surface area contributed by atoms with Gasteiger partial charge in [0.05, 0.1) is 16.7 Å². The Morgan fingerprint density at radius 3 is 2.85 bits per heavy atom. The van der Waals surface area contributed by atoms with Gasteiger partial charge in [0, 0.05) is 5.02 Å². The third kappa shape index (κ3) is 3.13. The van der Waals surface area contributed by atoms with Crippen LogP contribution in [0.15, 0.2) is 23.0 Å². The zero-order valence-electron chi connectivity index (χ0n) is 10.9. The number of fused-ring (bicyclic) bond motifs is 1. The summed E-state index contributed by atoms with van der Waals surface area (Å²) in [6, 6.07) is 4.89. The lowest BCUT2D eigenvalue weighted by atomic mass is 10.2. The Bertz CT molecular complexity index is 727. The molecule has 0 atom stereocenters. The molecule has 1 aromatic heterocycles. The van der Waals surface area contributed by atoms with E-state index < -0.39 is 10.7 Å². The average molecular weight is 313 g/mol. The van der Waals surface area contributed by atoms with Gasteiger partial charge in [-0.15, -0.1) is 11.8 Å². The molecule has 2 aromatic rings. The van der Waals surface area contributed by atoms with Gasteiger partial charge < -0.3 is 10.1 Å². The normalized spacial score (nSPS) is 11.8. The molecule has 20 heavy (non-hydrogen) atoms. The summed E-state index contributed by atoms with van der Waals surface area (Å²) >= 11 is 7.04. The van der Waals surface area contributed by atoms with Crippen LogP contribution in [0.3, 0.4) is 0 Å². The van der Waals surface area contributed by atoms with E-state index in [0.717, 1.165) is 0 Å². The van der Waals surface area contributed by atoms with Crippen molar-refractivity contribution in [2.75, 3.05) is 0 Å². The van der Waals surface area contributed by atoms with Crippen molar-refractivity contribution in [1.82, 2.24) is 9.97 Å². The molecule has 0 saturated carbocycles. The van der Waals surface area contributed by atoms with Crippen LogP contribution in [0.25, 0.3) is 10.9 Å². The number of halogens is 1. The second-order valence-electron chi connectivity index (χ2n) is 4.78. The van der Waals surface area contributed by atoms with E-state index in [1.54, 1.807) is 32.0 Å². The second kappa shape index (κ2) is 5.46. The fraction of sp³-hybridized carbons (Fsp3) is 0.308. The van der Waals surface area contributed by atoms with Crippen molar-refractivity contribution in [3.8, 4) is 0 Å². The molecular weight excluding hydrogens is 300 g/mol. The molecule has 0 saturated heterocycles. The van der Waals surface area contributed by atoms with Gasteiger partial charge in [0.1, 0.15) is 10.6 Å². The predicted molar refractivity (Wildman–Crippen MR) is 80.4 cm³/mol. The maximum Gasteiger partial charge on any atom is 0.319 e. The Morgan fingerprint density at radius 1 is 1.50 bits per heavy atom. The molecule has 0 aliphatic carbocycles. The van der Waals surface area contributed by atoms with E-state index in [0.29, 0.717) is 27.5 Å². The van der Waals surface area contributed by atoms with Gasteiger partial charge in [0.2, 0.25) is 0 Å². The molecule has 0 aliphatic heterocycles. The Balaban J connectivity index is 2.31. The monoisotopic (exact) mass is 312 g/mol. The molecule has 2 N–H and O–H groups in total. The molecule has 0 fully saturated rings. The van der Waals surface area contributed by atoms with Crippen LogP contribution in [0.2, 0.25) is 5.02 Å². The summed E-state index contributed by atoms with van der Waals surface area (Å²) in [6.07, 6.45) is 0. The van der Waals surface area contributed by atoms with Crippen LogP contribution < -0.4 is 5.56 Å². The zero-order chi connectivity index (χ0) is 14.9. The number of hydrogen-bond donors (Lipinski definition) is 2. The first kappa shape index (κ1) is 14.9. The minimum Gasteiger partial charge on any atom is -0.480 e. The van der Waals surface area contributed by atoms with Crippen LogP contribution in [0.5, 0.6) is 0 Å². The topological polar surface area (TPSA) is 83.0 Å². The predicted octanol–water partition coefficient (Wildman–Crippen LogP) is 2.67. The van der Waals surface area contributed by atoms with Crippen molar-refractivity contribution in [1.29, 1.82) is 0 Å². The smallest absolute Gasteiger partial charge is 0.319 e. The molecule has 7 heteroatoms. The fourth-order valence-corrected chi connectivity index (χ4v) is 2.47. The van der Waals surface area contributed by atoms with Crippen molar-refractivity contribution in [3.05, 3.63) is 39.4 Å². The molecule has 0 aliphatic rings. The number of aliphatic carboxylic acids is 1. The molecule has 2 rings (SSSR count). The van der Waals surface area contributed by atoms with Crippen molar-refractivity contribution in [2.45, 2.75) is 24.3 Å². The Labute approximate surface area is 124 Å². The second-order valence-corrected chi connectivity index (χ2v) is 6.81. The van der Waals surface area contributed by atoms with Crippen LogP contribution in [0.1, 0.15) is 19.7 Å². The Kier molecular flexibility index (Phi) is 4.06. The first-order valence-electron chi connectivity index (χ1n) is 5.85. The van der Waals surface area contributed by atoms with E-state index in [2.05, 4.69) is 9.97 Å². The quantitative estimate of drug-likeness (QED) is 0.907. The molecular formula is C13H13ClN2O3S. The first-order chi connectivity index (χ1) is 9.29. The number of nitrogens with one attached hydrogen (secondary N) is 1. The fourth-order valence-electron chi connectivity index (χ4n) is 1.54. The summed E-state index contributed by atoms with van der Waals surface area (Å²) in [5.41, 5.74) is 0.267. The summed E-state index contributed by atoms with van der Waals surface area (Å²) in [7, 11) is 0. The highest BCUT2D eigenvalue weighted by Gasteiger charge is 2.27. The maximum atomic E-state index is 11.9. The van der Waals surface area contributed by atoms with E-state index in [-0.39, 0.29) is 5.56 Å². The molecule has 0 unspecified atom stereocenters. The number of rotatable bonds is 4. The number of H-pyrrole nitrogens is 1. The lowest BCUT2D eigenvalue weighted by molar-refractivity contribution is -0.138. The van der Waals surface area contributed by atoms with Crippen molar-refractivity contribution in [2.24, 2.45) is 0 Å². The van der Waals surface area contributed by atoms with E-state index in [4.69, 9.17) is 16.7 Å². The highest BCUT2D eigenvalue weighted by Crippen LogP contribution is 2.27. The number of carboxylic acids is 1. The maximum absolute atomic E-state index is 11.9. The lowest BCUT2D eigenvalue weighted by Gasteiger charge is -2.17. The first-order valence-corrected chi connectivity index (χ1v) is 7.22. The summed E-state index contributed by atoms with van der Waals surface area (Å²) in [5, 5.41) is 9.94. The molecule has 0 bridgehead atoms. The van der Waals surface area contributed by atoms with Gasteiger partial charge in [-0.2, -0.15) is 0 Å². The van der Waals surface area contributed by atoms with Gasteiger partial charge >= 0.3 is 5.97 Å². The highest BCUT2D eigenvalue weighted by atomic mass is 35.5. The Morgan fingerprint density at radius 2 is 2.20 bits per heavy atom. The molecule has 1 aromatic carbocycles. The van der Waals surface area contributed by atoms with Crippen LogP contribution in [-0.2, 0) is 10.5 Å². The molecule has 5 nitrogen and oxygen atoms in total. The third-order valence-electron chi connectivity index (χ3n) is 2.80. The van der Waals surface area contributed by atoms with Gasteiger partial charge in [-0.3, -0.25) is 9.59 Å². The summed E-state index contributed by atoms with van der Waals surface area (Å²) in [5.74, 6) is -0.144.